The zero-order chi connectivity index (χ0) is 13.7. The molecule has 0 radical (unpaired) electrons. The fraction of sp³-hybridized carbons (Fsp3) is 0.158. The quantitative estimate of drug-likeness (QED) is 0.667. The Morgan fingerprint density at radius 2 is 2.00 bits per heavy atom. The summed E-state index contributed by atoms with van der Waals surface area (Å²) in [6.07, 6.45) is 15.6. The molecule has 0 aromatic heterocycles. The lowest BCUT2D eigenvalue weighted by Crippen LogP contribution is -2.27. The van der Waals surface area contributed by atoms with Crippen LogP contribution in [0.15, 0.2) is 71.5 Å². The topological polar surface area (TPSA) is 3.24 Å². The minimum absolute atomic E-state index is 0.399. The Labute approximate surface area is 119 Å². The van der Waals surface area contributed by atoms with Crippen molar-refractivity contribution in [2.24, 2.45) is 5.92 Å². The molecule has 1 nitrogen and oxygen atoms in total. The lowest BCUT2D eigenvalue weighted by atomic mass is 9.79. The highest BCUT2D eigenvalue weighted by Crippen LogP contribution is 2.43. The van der Waals surface area contributed by atoms with E-state index in [1.165, 1.54) is 33.7 Å². The van der Waals surface area contributed by atoms with Crippen molar-refractivity contribution in [3.8, 4) is 0 Å². The van der Waals surface area contributed by atoms with Crippen molar-refractivity contribution in [1.82, 2.24) is 0 Å². The molecular weight excluding hydrogens is 242 g/mol. The lowest BCUT2D eigenvalue weighted by molar-refractivity contribution is 0.881. The molecule has 1 unspecified atom stereocenters. The minimum Gasteiger partial charge on any atom is -0.344 e. The minimum atomic E-state index is 0.399. The molecule has 1 atom stereocenters. The number of likely N-dealkylation sites (N-methyl/N-ethyl adjacent to an activating group) is 1. The highest BCUT2D eigenvalue weighted by Gasteiger charge is 2.28. The Balaban J connectivity index is 1.93. The van der Waals surface area contributed by atoms with Gasteiger partial charge >= 0.3 is 0 Å². The number of benzene rings is 1. The Morgan fingerprint density at radius 3 is 2.90 bits per heavy atom. The summed E-state index contributed by atoms with van der Waals surface area (Å²) in [7, 11) is 2.16. The average Bonchev–Trinajstić information content (AvgIpc) is 2.47. The molecule has 0 saturated heterocycles. The van der Waals surface area contributed by atoms with Gasteiger partial charge in [-0.25, -0.2) is 0 Å². The van der Waals surface area contributed by atoms with E-state index in [-0.39, 0.29) is 0 Å². The van der Waals surface area contributed by atoms with Crippen molar-refractivity contribution < 1.29 is 0 Å². The first kappa shape index (κ1) is 11.5. The first-order chi connectivity index (χ1) is 9.74. The van der Waals surface area contributed by atoms with Gasteiger partial charge in [0.05, 0.1) is 0 Å². The molecule has 98 valence electrons. The third kappa shape index (κ3) is 1.56. The van der Waals surface area contributed by atoms with Crippen molar-refractivity contribution >= 4 is 11.8 Å². The predicted molar refractivity (Wildman–Crippen MR) is 85.5 cm³/mol. The largest absolute Gasteiger partial charge is 0.344 e. The smallest absolute Gasteiger partial charge is 0.0482 e. The molecule has 0 spiro atoms. The molecule has 1 aromatic carbocycles. The van der Waals surface area contributed by atoms with Gasteiger partial charge in [0.25, 0.3) is 0 Å². The maximum absolute atomic E-state index is 2.36. The van der Waals surface area contributed by atoms with Crippen molar-refractivity contribution in [2.45, 2.75) is 6.92 Å². The molecule has 1 heteroatoms. The summed E-state index contributed by atoms with van der Waals surface area (Å²) in [4.78, 5) is 2.31. The zero-order valence-electron chi connectivity index (χ0n) is 11.8. The molecule has 0 saturated carbocycles. The van der Waals surface area contributed by atoms with Gasteiger partial charge in [-0.2, -0.15) is 0 Å². The van der Waals surface area contributed by atoms with Gasteiger partial charge in [0.1, 0.15) is 0 Å². The molecule has 1 aliphatic heterocycles. The summed E-state index contributed by atoms with van der Waals surface area (Å²) in [5, 5.41) is 0. The summed E-state index contributed by atoms with van der Waals surface area (Å²) >= 11 is 0. The van der Waals surface area contributed by atoms with E-state index in [4.69, 9.17) is 0 Å². The number of aryl methyl sites for hydroxylation is 1. The van der Waals surface area contributed by atoms with E-state index in [0.717, 1.165) is 0 Å². The first-order valence-corrected chi connectivity index (χ1v) is 7.07. The highest BCUT2D eigenvalue weighted by atomic mass is 15.1. The third-order valence-corrected chi connectivity index (χ3v) is 4.34. The van der Waals surface area contributed by atoms with E-state index in [9.17, 15) is 0 Å². The summed E-state index contributed by atoms with van der Waals surface area (Å²) in [6, 6.07) is 6.67. The van der Waals surface area contributed by atoms with Gasteiger partial charge in [-0.3, -0.25) is 0 Å². The predicted octanol–water partition coefficient (Wildman–Crippen LogP) is 4.39. The molecule has 0 N–H and O–H groups in total. The van der Waals surface area contributed by atoms with E-state index in [2.05, 4.69) is 79.6 Å². The standard InChI is InChI=1S/C19H17N/c1-13-7-9-18-15(11-13)12-17-16-6-4-3-5-14(16)8-10-19(17)20(18)2/h3-12,16H,1-2H3. The molecule has 0 fully saturated rings. The summed E-state index contributed by atoms with van der Waals surface area (Å²) < 4.78 is 0. The monoisotopic (exact) mass is 259 g/mol. The van der Waals surface area contributed by atoms with Crippen molar-refractivity contribution in [3.63, 3.8) is 0 Å². The Hall–Kier alpha value is -2.28. The van der Waals surface area contributed by atoms with Crippen LogP contribution in [0.3, 0.4) is 0 Å². The number of fused-ring (bicyclic) bond motifs is 4. The van der Waals surface area contributed by atoms with Gasteiger partial charge in [0.2, 0.25) is 0 Å². The normalized spacial score (nSPS) is 22.4. The number of rotatable bonds is 0. The van der Waals surface area contributed by atoms with Gasteiger partial charge < -0.3 is 4.90 Å². The second kappa shape index (κ2) is 4.11. The number of hydrogen-bond acceptors (Lipinski definition) is 1. The van der Waals surface area contributed by atoms with Crippen LogP contribution in [0.25, 0.3) is 6.08 Å². The van der Waals surface area contributed by atoms with Gasteiger partial charge in [-0.05, 0) is 47.9 Å². The van der Waals surface area contributed by atoms with Crippen LogP contribution in [-0.2, 0) is 0 Å². The number of hydrogen-bond donors (Lipinski definition) is 0. The van der Waals surface area contributed by atoms with Gasteiger partial charge in [0.15, 0.2) is 0 Å². The molecule has 3 aliphatic rings. The maximum Gasteiger partial charge on any atom is 0.0482 e. The molecule has 2 aliphatic carbocycles. The van der Waals surface area contributed by atoms with E-state index < -0.39 is 0 Å². The molecular formula is C19H17N. The SMILES string of the molecule is Cc1ccc2c(c1)C=C1C(=CC=C3C=CC=CC31)N2C. The van der Waals surface area contributed by atoms with Crippen LogP contribution in [0.2, 0.25) is 0 Å². The molecule has 0 bridgehead atoms. The van der Waals surface area contributed by atoms with Gasteiger partial charge in [0, 0.05) is 24.4 Å². The molecule has 0 amide bonds. The average molecular weight is 259 g/mol. The maximum atomic E-state index is 2.36. The van der Waals surface area contributed by atoms with Crippen LogP contribution in [0, 0.1) is 12.8 Å². The molecule has 4 rings (SSSR count). The van der Waals surface area contributed by atoms with E-state index in [1.807, 2.05) is 0 Å². The molecule has 1 aromatic rings. The summed E-state index contributed by atoms with van der Waals surface area (Å²) in [5.74, 6) is 0.399. The number of allylic oxidation sites excluding steroid dienone is 8. The van der Waals surface area contributed by atoms with Crippen LogP contribution in [0.1, 0.15) is 11.1 Å². The van der Waals surface area contributed by atoms with E-state index in [1.54, 1.807) is 0 Å². The van der Waals surface area contributed by atoms with E-state index >= 15 is 0 Å². The van der Waals surface area contributed by atoms with Gasteiger partial charge in [-0.15, -0.1) is 0 Å². The molecule has 20 heavy (non-hydrogen) atoms. The molecule has 1 heterocycles. The Kier molecular flexibility index (Phi) is 2.37. The van der Waals surface area contributed by atoms with E-state index in [0.29, 0.717) is 5.92 Å². The fourth-order valence-electron chi connectivity index (χ4n) is 3.29. The highest BCUT2D eigenvalue weighted by molar-refractivity contribution is 5.82. The second-order valence-electron chi connectivity index (χ2n) is 5.66. The summed E-state index contributed by atoms with van der Waals surface area (Å²) in [6.45, 7) is 2.15. The van der Waals surface area contributed by atoms with Crippen LogP contribution in [0.5, 0.6) is 0 Å². The number of nitrogens with zero attached hydrogens (tertiary/aromatic N) is 1. The Bertz CT molecular complexity index is 741. The fourth-order valence-corrected chi connectivity index (χ4v) is 3.29. The Morgan fingerprint density at radius 1 is 1.10 bits per heavy atom. The van der Waals surface area contributed by atoms with Gasteiger partial charge in [-0.1, -0.05) is 42.0 Å². The summed E-state index contributed by atoms with van der Waals surface area (Å²) in [5.41, 5.74) is 8.03. The van der Waals surface area contributed by atoms with Crippen LogP contribution in [0.4, 0.5) is 5.69 Å². The lowest BCUT2D eigenvalue weighted by Gasteiger charge is -2.36. The van der Waals surface area contributed by atoms with Crippen LogP contribution in [-0.4, -0.2) is 7.05 Å². The zero-order valence-corrected chi connectivity index (χ0v) is 11.8. The van der Waals surface area contributed by atoms with Crippen molar-refractivity contribution in [1.29, 1.82) is 0 Å². The first-order valence-electron chi connectivity index (χ1n) is 7.07. The van der Waals surface area contributed by atoms with Crippen molar-refractivity contribution in [2.75, 3.05) is 11.9 Å². The van der Waals surface area contributed by atoms with Crippen molar-refractivity contribution in [3.05, 3.63) is 82.6 Å². The third-order valence-electron chi connectivity index (χ3n) is 4.34. The number of anilines is 1. The second-order valence-corrected chi connectivity index (χ2v) is 5.66. The van der Waals surface area contributed by atoms with Crippen LogP contribution >= 0.6 is 0 Å². The van der Waals surface area contributed by atoms with Crippen LogP contribution < -0.4 is 4.90 Å².